The number of hydrogen-bond donors (Lipinski definition) is 1. The third kappa shape index (κ3) is 3.49. The molecule has 0 unspecified atom stereocenters. The first-order chi connectivity index (χ1) is 13.7. The van der Waals surface area contributed by atoms with E-state index in [1.54, 1.807) is 6.20 Å². The molecule has 146 valence electrons. The summed E-state index contributed by atoms with van der Waals surface area (Å²) < 4.78 is 0. The Balaban J connectivity index is 1.42. The second-order valence-electron chi connectivity index (χ2n) is 8.56. The van der Waals surface area contributed by atoms with Gasteiger partial charge < -0.3 is 10.6 Å². The molecule has 6 heteroatoms. The van der Waals surface area contributed by atoms with Crippen molar-refractivity contribution in [2.24, 2.45) is 11.8 Å². The fourth-order valence-electron chi connectivity index (χ4n) is 4.74. The molecule has 1 aromatic carbocycles. The molecule has 4 aliphatic rings. The molecule has 2 bridgehead atoms. The van der Waals surface area contributed by atoms with Crippen molar-refractivity contribution in [1.29, 1.82) is 0 Å². The molecule has 1 aromatic heterocycles. The number of fused-ring (bicyclic) bond motifs is 4. The van der Waals surface area contributed by atoms with E-state index in [1.165, 1.54) is 32.2 Å². The molecular weight excluding hydrogens is 350 g/mol. The van der Waals surface area contributed by atoms with Gasteiger partial charge in [-0.1, -0.05) is 30.3 Å². The molecule has 3 aliphatic heterocycles. The second-order valence-corrected chi connectivity index (χ2v) is 8.56. The van der Waals surface area contributed by atoms with Gasteiger partial charge >= 0.3 is 0 Å². The maximum Gasteiger partial charge on any atom is 0.257 e. The van der Waals surface area contributed by atoms with E-state index in [9.17, 15) is 4.79 Å². The smallest absolute Gasteiger partial charge is 0.257 e. The number of aromatic nitrogens is 2. The van der Waals surface area contributed by atoms with Gasteiger partial charge in [-0.05, 0) is 37.5 Å². The summed E-state index contributed by atoms with van der Waals surface area (Å²) in [6.07, 6.45) is 6.77. The summed E-state index contributed by atoms with van der Waals surface area (Å²) in [6, 6.07) is 10.3. The van der Waals surface area contributed by atoms with Gasteiger partial charge in [-0.2, -0.15) is 0 Å². The minimum atomic E-state index is 0.0315. The monoisotopic (exact) mass is 377 g/mol. The predicted molar refractivity (Wildman–Crippen MR) is 109 cm³/mol. The number of rotatable bonds is 4. The first-order valence-electron chi connectivity index (χ1n) is 10.4. The third-order valence-corrected chi connectivity index (χ3v) is 6.39. The van der Waals surface area contributed by atoms with Crippen LogP contribution in [0.4, 0.5) is 5.95 Å². The molecule has 6 nitrogen and oxygen atoms in total. The molecular formula is C22H27N5O. The fourth-order valence-corrected chi connectivity index (χ4v) is 4.74. The summed E-state index contributed by atoms with van der Waals surface area (Å²) in [5, 5.41) is 0. The van der Waals surface area contributed by atoms with E-state index >= 15 is 0 Å². The van der Waals surface area contributed by atoms with Gasteiger partial charge in [-0.25, -0.2) is 9.97 Å². The van der Waals surface area contributed by atoms with Crippen LogP contribution in [0.2, 0.25) is 0 Å². The van der Waals surface area contributed by atoms with E-state index in [0.717, 1.165) is 31.1 Å². The van der Waals surface area contributed by atoms with Crippen molar-refractivity contribution in [2.45, 2.75) is 31.7 Å². The fraction of sp³-hybridized carbons (Fsp3) is 0.500. The summed E-state index contributed by atoms with van der Waals surface area (Å²) in [6.45, 7) is 3.98. The molecule has 0 radical (unpaired) electrons. The van der Waals surface area contributed by atoms with Crippen LogP contribution in [-0.2, 0) is 0 Å². The number of anilines is 1. The molecule has 0 spiro atoms. The maximum absolute atomic E-state index is 13.5. The highest BCUT2D eigenvalue weighted by molar-refractivity contribution is 5.99. The van der Waals surface area contributed by atoms with Gasteiger partial charge in [-0.15, -0.1) is 0 Å². The number of nitrogens with two attached hydrogens (primary N) is 1. The molecule has 2 N–H and O–H groups in total. The van der Waals surface area contributed by atoms with Crippen molar-refractivity contribution < 1.29 is 4.79 Å². The third-order valence-electron chi connectivity index (χ3n) is 6.39. The molecule has 1 saturated carbocycles. The van der Waals surface area contributed by atoms with Crippen molar-refractivity contribution in [1.82, 2.24) is 19.8 Å². The molecule has 2 aromatic rings. The Kier molecular flexibility index (Phi) is 4.51. The van der Waals surface area contributed by atoms with Crippen molar-refractivity contribution in [3.63, 3.8) is 0 Å². The van der Waals surface area contributed by atoms with Crippen LogP contribution in [0.1, 0.15) is 36.0 Å². The van der Waals surface area contributed by atoms with Crippen molar-refractivity contribution in [2.75, 3.05) is 31.9 Å². The van der Waals surface area contributed by atoms with Crippen LogP contribution in [0.25, 0.3) is 11.3 Å². The number of benzene rings is 1. The Morgan fingerprint density at radius 3 is 2.68 bits per heavy atom. The number of hydrogen-bond acceptors (Lipinski definition) is 5. The summed E-state index contributed by atoms with van der Waals surface area (Å²) in [4.78, 5) is 26.7. The molecule has 1 aliphatic carbocycles. The summed E-state index contributed by atoms with van der Waals surface area (Å²) in [5.41, 5.74) is 7.92. The first-order valence-corrected chi connectivity index (χ1v) is 10.4. The van der Waals surface area contributed by atoms with E-state index in [-0.39, 0.29) is 11.9 Å². The SMILES string of the molecule is Nc1ncc(C(=O)N2C[C@@H]3CC[C@H](C2)N(CC2CC2)C3)c(-c2ccccc2)n1. The zero-order valence-electron chi connectivity index (χ0n) is 16.1. The average Bonchev–Trinajstić information content (AvgIpc) is 3.56. The van der Waals surface area contributed by atoms with Crippen LogP contribution in [0.3, 0.4) is 0 Å². The van der Waals surface area contributed by atoms with Gasteiger partial charge in [0.1, 0.15) is 0 Å². The Hall–Kier alpha value is -2.47. The molecule has 4 fully saturated rings. The van der Waals surface area contributed by atoms with Gasteiger partial charge in [0.25, 0.3) is 5.91 Å². The standard InChI is InChI=1S/C22H27N5O/c23-22-24-10-19(20(25-22)17-4-2-1-3-5-17)21(28)27-13-16-8-9-18(14-27)26(12-16)11-15-6-7-15/h1-5,10,15-16,18H,6-9,11-14H2,(H2,23,24,25)/t16-,18-/m1/s1. The number of amides is 1. The van der Waals surface area contributed by atoms with Gasteiger partial charge in [0.2, 0.25) is 5.95 Å². The van der Waals surface area contributed by atoms with Gasteiger partial charge in [0.15, 0.2) is 0 Å². The summed E-state index contributed by atoms with van der Waals surface area (Å²) in [7, 11) is 0. The normalized spacial score (nSPS) is 24.9. The predicted octanol–water partition coefficient (Wildman–Crippen LogP) is 2.67. The highest BCUT2D eigenvalue weighted by Gasteiger charge is 2.39. The molecule has 6 rings (SSSR count). The van der Waals surface area contributed by atoms with Gasteiger partial charge in [-0.3, -0.25) is 9.69 Å². The molecule has 3 saturated heterocycles. The summed E-state index contributed by atoms with van der Waals surface area (Å²) in [5.74, 6) is 1.68. The zero-order chi connectivity index (χ0) is 19.1. The van der Waals surface area contributed by atoms with E-state index in [2.05, 4.69) is 14.9 Å². The van der Waals surface area contributed by atoms with Gasteiger partial charge in [0.05, 0.1) is 11.3 Å². The minimum Gasteiger partial charge on any atom is -0.368 e. The maximum atomic E-state index is 13.5. The minimum absolute atomic E-state index is 0.0315. The highest BCUT2D eigenvalue weighted by atomic mass is 16.2. The number of carbonyl (C=O) groups is 1. The molecule has 4 heterocycles. The van der Waals surface area contributed by atoms with Crippen LogP contribution < -0.4 is 5.73 Å². The quantitative estimate of drug-likeness (QED) is 0.887. The lowest BCUT2D eigenvalue weighted by atomic mass is 9.95. The lowest BCUT2D eigenvalue weighted by molar-refractivity contribution is 0.0737. The van der Waals surface area contributed by atoms with E-state index in [0.29, 0.717) is 23.2 Å². The van der Waals surface area contributed by atoms with Crippen LogP contribution in [0.5, 0.6) is 0 Å². The Bertz CT molecular complexity index is 866. The summed E-state index contributed by atoms with van der Waals surface area (Å²) >= 11 is 0. The largest absolute Gasteiger partial charge is 0.368 e. The van der Waals surface area contributed by atoms with E-state index in [4.69, 9.17) is 5.73 Å². The van der Waals surface area contributed by atoms with Crippen molar-refractivity contribution in [3.05, 3.63) is 42.1 Å². The topological polar surface area (TPSA) is 75.3 Å². The second kappa shape index (κ2) is 7.17. The molecule has 1 amide bonds. The lowest BCUT2D eigenvalue weighted by Gasteiger charge is -2.36. The molecule has 2 atom stereocenters. The number of nitrogen functional groups attached to an aromatic ring is 1. The first kappa shape index (κ1) is 17.6. The highest BCUT2D eigenvalue weighted by Crippen LogP contribution is 2.35. The Labute approximate surface area is 165 Å². The number of nitrogens with zero attached hydrogens (tertiary/aromatic N) is 4. The van der Waals surface area contributed by atoms with Crippen LogP contribution >= 0.6 is 0 Å². The van der Waals surface area contributed by atoms with Crippen LogP contribution in [0, 0.1) is 11.8 Å². The Morgan fingerprint density at radius 2 is 1.89 bits per heavy atom. The van der Waals surface area contributed by atoms with Crippen LogP contribution in [0.15, 0.2) is 36.5 Å². The van der Waals surface area contributed by atoms with E-state index < -0.39 is 0 Å². The van der Waals surface area contributed by atoms with Crippen LogP contribution in [-0.4, -0.2) is 57.9 Å². The number of carbonyl (C=O) groups excluding carboxylic acids is 1. The zero-order valence-corrected chi connectivity index (χ0v) is 16.1. The Morgan fingerprint density at radius 1 is 1.07 bits per heavy atom. The molecule has 28 heavy (non-hydrogen) atoms. The van der Waals surface area contributed by atoms with Crippen molar-refractivity contribution >= 4 is 11.9 Å². The van der Waals surface area contributed by atoms with Gasteiger partial charge in [0, 0.05) is 44.0 Å². The number of piperidine rings is 1. The van der Waals surface area contributed by atoms with Crippen molar-refractivity contribution in [3.8, 4) is 11.3 Å². The lowest BCUT2D eigenvalue weighted by Crippen LogP contribution is -2.45. The van der Waals surface area contributed by atoms with E-state index in [1.807, 2.05) is 35.2 Å². The average molecular weight is 377 g/mol.